The summed E-state index contributed by atoms with van der Waals surface area (Å²) in [6, 6.07) is 7.99. The summed E-state index contributed by atoms with van der Waals surface area (Å²) in [6.45, 7) is 0.254. The minimum Gasteiger partial charge on any atom is -0.324 e. The molecule has 1 N–H and O–H groups in total. The van der Waals surface area contributed by atoms with Gasteiger partial charge in [-0.25, -0.2) is 0 Å². The molecule has 0 radical (unpaired) electrons. The number of aromatic nitrogens is 2. The van der Waals surface area contributed by atoms with E-state index in [1.165, 1.54) is 17.5 Å². The average Bonchev–Trinajstić information content (AvgIpc) is 2.98. The molecular weight excluding hydrogens is 226 g/mol. The third kappa shape index (κ3) is 2.27. The molecule has 2 aromatic rings. The summed E-state index contributed by atoms with van der Waals surface area (Å²) in [5.74, 6) is -0.0448. The zero-order valence-corrected chi connectivity index (χ0v) is 10.1. The van der Waals surface area contributed by atoms with Gasteiger partial charge in [0.05, 0.1) is 0 Å². The molecule has 1 amide bonds. The van der Waals surface area contributed by atoms with Gasteiger partial charge in [0.1, 0.15) is 6.54 Å². The quantitative estimate of drug-likeness (QED) is 0.893. The minimum atomic E-state index is -0.0448. The Kier molecular flexibility index (Phi) is 2.84. The van der Waals surface area contributed by atoms with E-state index in [9.17, 15) is 4.79 Å². The van der Waals surface area contributed by atoms with Crippen LogP contribution in [0, 0.1) is 0 Å². The van der Waals surface area contributed by atoms with Crippen molar-refractivity contribution in [2.24, 2.45) is 0 Å². The van der Waals surface area contributed by atoms with Crippen LogP contribution in [0.5, 0.6) is 0 Å². The number of rotatable bonds is 3. The van der Waals surface area contributed by atoms with Crippen LogP contribution in [-0.4, -0.2) is 15.7 Å². The summed E-state index contributed by atoms with van der Waals surface area (Å²) >= 11 is 0. The standard InChI is InChI=1S/C14H15N3O/c18-14(10-17-8-2-7-15-17)16-13-6-5-11-3-1-4-12(11)9-13/h2,5-9H,1,3-4,10H2,(H,16,18). The summed E-state index contributed by atoms with van der Waals surface area (Å²) < 4.78 is 1.61. The number of benzene rings is 1. The monoisotopic (exact) mass is 241 g/mol. The molecule has 0 bridgehead atoms. The van der Waals surface area contributed by atoms with Gasteiger partial charge in [0, 0.05) is 18.1 Å². The lowest BCUT2D eigenvalue weighted by atomic mass is 10.1. The molecule has 0 spiro atoms. The average molecular weight is 241 g/mol. The van der Waals surface area contributed by atoms with Crippen molar-refractivity contribution in [3.63, 3.8) is 0 Å². The van der Waals surface area contributed by atoms with E-state index in [0.717, 1.165) is 18.5 Å². The predicted octanol–water partition coefficient (Wildman–Crippen LogP) is 2.01. The van der Waals surface area contributed by atoms with E-state index in [1.807, 2.05) is 12.1 Å². The molecule has 3 rings (SSSR count). The van der Waals surface area contributed by atoms with Crippen molar-refractivity contribution in [1.29, 1.82) is 0 Å². The first-order valence-electron chi connectivity index (χ1n) is 6.20. The van der Waals surface area contributed by atoms with E-state index in [-0.39, 0.29) is 12.5 Å². The van der Waals surface area contributed by atoms with E-state index in [2.05, 4.69) is 22.5 Å². The molecule has 1 aliphatic rings. The number of nitrogens with one attached hydrogen (secondary N) is 1. The zero-order chi connectivity index (χ0) is 12.4. The first kappa shape index (κ1) is 11.0. The lowest BCUT2D eigenvalue weighted by molar-refractivity contribution is -0.116. The molecule has 0 atom stereocenters. The largest absolute Gasteiger partial charge is 0.324 e. The Balaban J connectivity index is 1.67. The summed E-state index contributed by atoms with van der Waals surface area (Å²) in [4.78, 5) is 11.8. The Morgan fingerprint density at radius 2 is 2.22 bits per heavy atom. The van der Waals surface area contributed by atoms with Gasteiger partial charge in [-0.1, -0.05) is 6.07 Å². The Labute approximate surface area is 106 Å². The number of aryl methyl sites for hydroxylation is 2. The molecule has 1 aromatic carbocycles. The summed E-state index contributed by atoms with van der Waals surface area (Å²) in [6.07, 6.45) is 6.96. The van der Waals surface area contributed by atoms with Crippen molar-refractivity contribution in [3.8, 4) is 0 Å². The molecule has 1 aliphatic carbocycles. The van der Waals surface area contributed by atoms with Gasteiger partial charge >= 0.3 is 0 Å². The van der Waals surface area contributed by atoms with Gasteiger partial charge in [0.15, 0.2) is 0 Å². The first-order valence-corrected chi connectivity index (χ1v) is 6.20. The highest BCUT2D eigenvalue weighted by atomic mass is 16.2. The number of carbonyl (C=O) groups excluding carboxylic acids is 1. The van der Waals surface area contributed by atoms with Crippen molar-refractivity contribution in [3.05, 3.63) is 47.8 Å². The van der Waals surface area contributed by atoms with Crippen LogP contribution in [-0.2, 0) is 24.2 Å². The third-order valence-corrected chi connectivity index (χ3v) is 3.25. The van der Waals surface area contributed by atoms with Crippen LogP contribution in [0.2, 0.25) is 0 Å². The maximum atomic E-state index is 11.8. The van der Waals surface area contributed by atoms with E-state index in [4.69, 9.17) is 0 Å². The lowest BCUT2D eigenvalue weighted by Gasteiger charge is -2.07. The predicted molar refractivity (Wildman–Crippen MR) is 69.3 cm³/mol. The third-order valence-electron chi connectivity index (χ3n) is 3.25. The van der Waals surface area contributed by atoms with Gasteiger partial charge in [-0.3, -0.25) is 9.48 Å². The van der Waals surface area contributed by atoms with Gasteiger partial charge in [0.25, 0.3) is 0 Å². The lowest BCUT2D eigenvalue weighted by Crippen LogP contribution is -2.19. The molecule has 0 saturated carbocycles. The molecule has 92 valence electrons. The molecule has 4 nitrogen and oxygen atoms in total. The molecular formula is C14H15N3O. The van der Waals surface area contributed by atoms with Crippen molar-refractivity contribution >= 4 is 11.6 Å². The Hall–Kier alpha value is -2.10. The van der Waals surface area contributed by atoms with Crippen LogP contribution in [0.15, 0.2) is 36.7 Å². The van der Waals surface area contributed by atoms with Gasteiger partial charge in [0.2, 0.25) is 5.91 Å². The molecule has 0 saturated heterocycles. The second-order valence-corrected chi connectivity index (χ2v) is 4.59. The Morgan fingerprint density at radius 1 is 1.33 bits per heavy atom. The van der Waals surface area contributed by atoms with Crippen molar-refractivity contribution in [2.45, 2.75) is 25.8 Å². The zero-order valence-electron chi connectivity index (χ0n) is 10.1. The van der Waals surface area contributed by atoms with Crippen LogP contribution in [0.4, 0.5) is 5.69 Å². The topological polar surface area (TPSA) is 46.9 Å². The molecule has 0 unspecified atom stereocenters. The van der Waals surface area contributed by atoms with Gasteiger partial charge in [-0.15, -0.1) is 0 Å². The molecule has 1 aromatic heterocycles. The molecule has 0 fully saturated rings. The van der Waals surface area contributed by atoms with Gasteiger partial charge < -0.3 is 5.32 Å². The van der Waals surface area contributed by atoms with E-state index in [1.54, 1.807) is 17.1 Å². The van der Waals surface area contributed by atoms with Crippen molar-refractivity contribution < 1.29 is 4.79 Å². The fourth-order valence-electron chi connectivity index (χ4n) is 2.39. The highest BCUT2D eigenvalue weighted by Crippen LogP contribution is 2.24. The molecule has 0 aliphatic heterocycles. The van der Waals surface area contributed by atoms with Crippen LogP contribution in [0.1, 0.15) is 17.5 Å². The highest BCUT2D eigenvalue weighted by molar-refractivity contribution is 5.90. The van der Waals surface area contributed by atoms with E-state index < -0.39 is 0 Å². The normalized spacial score (nSPS) is 13.3. The minimum absolute atomic E-state index is 0.0448. The van der Waals surface area contributed by atoms with E-state index in [0.29, 0.717) is 0 Å². The van der Waals surface area contributed by atoms with Crippen LogP contribution in [0.25, 0.3) is 0 Å². The fraction of sp³-hybridized carbons (Fsp3) is 0.286. The number of hydrogen-bond acceptors (Lipinski definition) is 2. The number of nitrogens with zero attached hydrogens (tertiary/aromatic N) is 2. The van der Waals surface area contributed by atoms with Crippen LogP contribution < -0.4 is 5.32 Å². The Morgan fingerprint density at radius 3 is 3.06 bits per heavy atom. The SMILES string of the molecule is O=C(Cn1cccn1)Nc1ccc2c(c1)CCC2. The number of carbonyl (C=O) groups is 1. The summed E-state index contributed by atoms with van der Waals surface area (Å²) in [5, 5.41) is 6.92. The maximum absolute atomic E-state index is 11.8. The van der Waals surface area contributed by atoms with Gasteiger partial charge in [-0.2, -0.15) is 5.10 Å². The molecule has 18 heavy (non-hydrogen) atoms. The summed E-state index contributed by atoms with van der Waals surface area (Å²) in [5.41, 5.74) is 3.67. The first-order chi connectivity index (χ1) is 8.81. The second-order valence-electron chi connectivity index (χ2n) is 4.59. The fourth-order valence-corrected chi connectivity index (χ4v) is 2.39. The van der Waals surface area contributed by atoms with Gasteiger partial charge in [-0.05, 0) is 48.6 Å². The molecule has 1 heterocycles. The second kappa shape index (κ2) is 4.64. The van der Waals surface area contributed by atoms with Crippen molar-refractivity contribution in [2.75, 3.05) is 5.32 Å². The number of hydrogen-bond donors (Lipinski definition) is 1. The Bertz CT molecular complexity index is 560. The van der Waals surface area contributed by atoms with E-state index >= 15 is 0 Å². The summed E-state index contributed by atoms with van der Waals surface area (Å²) in [7, 11) is 0. The molecule has 4 heteroatoms. The highest BCUT2D eigenvalue weighted by Gasteiger charge is 2.11. The maximum Gasteiger partial charge on any atom is 0.246 e. The van der Waals surface area contributed by atoms with Crippen LogP contribution in [0.3, 0.4) is 0 Å². The van der Waals surface area contributed by atoms with Crippen LogP contribution >= 0.6 is 0 Å². The number of amides is 1. The van der Waals surface area contributed by atoms with Crippen molar-refractivity contribution in [1.82, 2.24) is 9.78 Å². The smallest absolute Gasteiger partial charge is 0.246 e. The number of fused-ring (bicyclic) bond motifs is 1. The number of anilines is 1.